The van der Waals surface area contributed by atoms with E-state index in [1.54, 1.807) is 4.90 Å². The molecule has 0 aromatic heterocycles. The molecule has 0 saturated carbocycles. The minimum absolute atomic E-state index is 0.112. The second-order valence-corrected chi connectivity index (χ2v) is 7.37. The molecule has 2 amide bonds. The molecule has 3 rings (SSSR count). The fourth-order valence-electron chi connectivity index (χ4n) is 3.35. The normalized spacial score (nSPS) is 11.5. The molecule has 1 atom stereocenters. The summed E-state index contributed by atoms with van der Waals surface area (Å²) >= 11 is 0. The number of amides is 2. The Morgan fingerprint density at radius 3 is 2.03 bits per heavy atom. The predicted octanol–water partition coefficient (Wildman–Crippen LogP) is 4.42. The molecule has 1 unspecified atom stereocenters. The summed E-state index contributed by atoms with van der Waals surface area (Å²) in [7, 11) is 0. The molecule has 0 aliphatic heterocycles. The largest absolute Gasteiger partial charge is 0.481 e. The standard InChI is InChI=1S/C26H28N2O3/c1-2-24(31-23-15-13-22(14-16-23)21-11-7-4-8-12-21)26(30)28(18-17-25(27)29)19-20-9-5-3-6-10-20/h3-16,24H,2,17-19H2,1H3,(H2,27,29). The fraction of sp³-hybridized carbons (Fsp3) is 0.231. The van der Waals surface area contributed by atoms with E-state index in [4.69, 9.17) is 10.5 Å². The molecular formula is C26H28N2O3. The number of nitrogens with two attached hydrogens (primary N) is 1. The third-order valence-corrected chi connectivity index (χ3v) is 5.04. The van der Waals surface area contributed by atoms with Crippen LogP contribution in [0.25, 0.3) is 11.1 Å². The average molecular weight is 417 g/mol. The Kier molecular flexibility index (Phi) is 7.82. The lowest BCUT2D eigenvalue weighted by atomic mass is 10.1. The van der Waals surface area contributed by atoms with Gasteiger partial charge < -0.3 is 15.4 Å². The molecule has 0 aliphatic rings. The second-order valence-electron chi connectivity index (χ2n) is 7.37. The highest BCUT2D eigenvalue weighted by Gasteiger charge is 2.25. The highest BCUT2D eigenvalue weighted by atomic mass is 16.5. The topological polar surface area (TPSA) is 72.6 Å². The Hall–Kier alpha value is -3.60. The van der Waals surface area contributed by atoms with E-state index in [1.807, 2.05) is 79.7 Å². The number of rotatable bonds is 10. The summed E-state index contributed by atoms with van der Waals surface area (Å²) in [6.45, 7) is 2.57. The quantitative estimate of drug-likeness (QED) is 0.532. The first kappa shape index (κ1) is 22.1. The molecule has 160 valence electrons. The van der Waals surface area contributed by atoms with Gasteiger partial charge in [0.25, 0.3) is 5.91 Å². The lowest BCUT2D eigenvalue weighted by molar-refractivity contribution is -0.139. The number of ether oxygens (including phenoxy) is 1. The van der Waals surface area contributed by atoms with Crippen LogP contribution in [0.1, 0.15) is 25.3 Å². The zero-order chi connectivity index (χ0) is 22.1. The van der Waals surface area contributed by atoms with Gasteiger partial charge in [0.2, 0.25) is 5.91 Å². The van der Waals surface area contributed by atoms with E-state index in [1.165, 1.54) is 0 Å². The average Bonchev–Trinajstić information content (AvgIpc) is 2.81. The molecular weight excluding hydrogens is 388 g/mol. The number of carbonyl (C=O) groups excluding carboxylic acids is 2. The van der Waals surface area contributed by atoms with Gasteiger partial charge in [-0.3, -0.25) is 9.59 Å². The molecule has 0 aliphatic carbocycles. The monoisotopic (exact) mass is 416 g/mol. The smallest absolute Gasteiger partial charge is 0.263 e. The van der Waals surface area contributed by atoms with Gasteiger partial charge in [-0.05, 0) is 35.2 Å². The second kappa shape index (κ2) is 11.0. The third-order valence-electron chi connectivity index (χ3n) is 5.04. The van der Waals surface area contributed by atoms with Crippen LogP contribution < -0.4 is 10.5 Å². The van der Waals surface area contributed by atoms with Gasteiger partial charge in [-0.25, -0.2) is 0 Å². The first-order valence-corrected chi connectivity index (χ1v) is 10.5. The zero-order valence-electron chi connectivity index (χ0n) is 17.7. The molecule has 5 nitrogen and oxygen atoms in total. The number of carbonyl (C=O) groups is 2. The van der Waals surface area contributed by atoms with Crippen molar-refractivity contribution in [1.29, 1.82) is 0 Å². The summed E-state index contributed by atoms with van der Waals surface area (Å²) in [4.78, 5) is 26.2. The van der Waals surface area contributed by atoms with Crippen LogP contribution in [-0.2, 0) is 16.1 Å². The van der Waals surface area contributed by atoms with E-state index in [2.05, 4.69) is 12.1 Å². The van der Waals surface area contributed by atoms with Gasteiger partial charge in [0.05, 0.1) is 0 Å². The van der Waals surface area contributed by atoms with Gasteiger partial charge in [-0.2, -0.15) is 0 Å². The van der Waals surface area contributed by atoms with Gasteiger partial charge in [0, 0.05) is 19.5 Å². The van der Waals surface area contributed by atoms with Crippen molar-refractivity contribution in [2.75, 3.05) is 6.54 Å². The summed E-state index contributed by atoms with van der Waals surface area (Å²) in [5, 5.41) is 0. The van der Waals surface area contributed by atoms with Crippen LogP contribution in [0.4, 0.5) is 0 Å². The Labute approximate surface area is 183 Å². The van der Waals surface area contributed by atoms with Gasteiger partial charge in [-0.1, -0.05) is 79.7 Å². The SMILES string of the molecule is CCC(Oc1ccc(-c2ccccc2)cc1)C(=O)N(CCC(N)=O)Cc1ccccc1. The molecule has 0 heterocycles. The molecule has 3 aromatic rings. The highest BCUT2D eigenvalue weighted by molar-refractivity contribution is 5.82. The predicted molar refractivity (Wildman–Crippen MR) is 122 cm³/mol. The van der Waals surface area contributed by atoms with Crippen molar-refractivity contribution in [1.82, 2.24) is 4.90 Å². The lowest BCUT2D eigenvalue weighted by Gasteiger charge is -2.27. The van der Waals surface area contributed by atoms with E-state index < -0.39 is 12.0 Å². The van der Waals surface area contributed by atoms with Crippen molar-refractivity contribution < 1.29 is 14.3 Å². The molecule has 0 fully saturated rings. The molecule has 3 aromatic carbocycles. The molecule has 0 bridgehead atoms. The Morgan fingerprint density at radius 1 is 0.871 bits per heavy atom. The maximum Gasteiger partial charge on any atom is 0.263 e. The maximum absolute atomic E-state index is 13.2. The molecule has 0 saturated heterocycles. The molecule has 0 spiro atoms. The van der Waals surface area contributed by atoms with Crippen molar-refractivity contribution in [3.05, 3.63) is 90.5 Å². The number of nitrogens with zero attached hydrogens (tertiary/aromatic N) is 1. The minimum atomic E-state index is -0.640. The van der Waals surface area contributed by atoms with Crippen LogP contribution in [0, 0.1) is 0 Å². The van der Waals surface area contributed by atoms with Crippen molar-refractivity contribution in [2.45, 2.75) is 32.4 Å². The van der Waals surface area contributed by atoms with Crippen LogP contribution in [-0.4, -0.2) is 29.4 Å². The third kappa shape index (κ3) is 6.44. The van der Waals surface area contributed by atoms with E-state index in [0.717, 1.165) is 16.7 Å². The van der Waals surface area contributed by atoms with Gasteiger partial charge in [0.15, 0.2) is 6.10 Å². The maximum atomic E-state index is 13.2. The number of hydrogen-bond acceptors (Lipinski definition) is 3. The first-order valence-electron chi connectivity index (χ1n) is 10.5. The van der Waals surface area contributed by atoms with Crippen LogP contribution in [0.5, 0.6) is 5.75 Å². The highest BCUT2D eigenvalue weighted by Crippen LogP contribution is 2.23. The molecule has 5 heteroatoms. The van der Waals surface area contributed by atoms with Crippen molar-refractivity contribution >= 4 is 11.8 Å². The van der Waals surface area contributed by atoms with Crippen molar-refractivity contribution in [2.24, 2.45) is 5.73 Å². The number of primary amides is 1. The summed E-state index contributed by atoms with van der Waals surface area (Å²) in [6.07, 6.45) is -0.0128. The summed E-state index contributed by atoms with van der Waals surface area (Å²) in [5.74, 6) is 0.0468. The van der Waals surface area contributed by atoms with E-state index in [9.17, 15) is 9.59 Å². The summed E-state index contributed by atoms with van der Waals surface area (Å²) in [6, 6.07) is 27.5. The fourth-order valence-corrected chi connectivity index (χ4v) is 3.35. The first-order chi connectivity index (χ1) is 15.1. The summed E-state index contributed by atoms with van der Waals surface area (Å²) in [5.41, 5.74) is 8.51. The molecule has 2 N–H and O–H groups in total. The van der Waals surface area contributed by atoms with Crippen LogP contribution in [0.3, 0.4) is 0 Å². The Morgan fingerprint density at radius 2 is 1.45 bits per heavy atom. The van der Waals surface area contributed by atoms with Crippen LogP contribution in [0.2, 0.25) is 0 Å². The number of hydrogen-bond donors (Lipinski definition) is 1. The van der Waals surface area contributed by atoms with Crippen LogP contribution in [0.15, 0.2) is 84.9 Å². The minimum Gasteiger partial charge on any atom is -0.481 e. The van der Waals surface area contributed by atoms with Gasteiger partial charge in [-0.15, -0.1) is 0 Å². The summed E-state index contributed by atoms with van der Waals surface area (Å²) < 4.78 is 6.03. The van der Waals surface area contributed by atoms with Crippen molar-refractivity contribution in [3.63, 3.8) is 0 Å². The van der Waals surface area contributed by atoms with E-state index in [0.29, 0.717) is 18.7 Å². The zero-order valence-corrected chi connectivity index (χ0v) is 17.7. The Bertz CT molecular complexity index is 973. The van der Waals surface area contributed by atoms with Gasteiger partial charge >= 0.3 is 0 Å². The van der Waals surface area contributed by atoms with Gasteiger partial charge in [0.1, 0.15) is 5.75 Å². The Balaban J connectivity index is 1.71. The van der Waals surface area contributed by atoms with Crippen molar-refractivity contribution in [3.8, 4) is 16.9 Å². The molecule has 31 heavy (non-hydrogen) atoms. The van der Waals surface area contributed by atoms with E-state index >= 15 is 0 Å². The number of benzene rings is 3. The lowest BCUT2D eigenvalue weighted by Crippen LogP contribution is -2.42. The van der Waals surface area contributed by atoms with E-state index in [-0.39, 0.29) is 18.9 Å². The van der Waals surface area contributed by atoms with Crippen LogP contribution >= 0.6 is 0 Å². The molecule has 0 radical (unpaired) electrons.